The number of carbonyl (C=O) groups excluding carboxylic acids is 2. The maximum absolute atomic E-state index is 12.7. The highest BCUT2D eigenvalue weighted by molar-refractivity contribution is 5.96. The highest BCUT2D eigenvalue weighted by atomic mass is 16.5. The SMILES string of the molecule is CCCN(CCC)C(=O)c1ccnc(Nc2ccccc2C(=O)OC)n1. The number of carbonyl (C=O) groups is 2. The van der Waals surface area contributed by atoms with Crippen LogP contribution in [0.2, 0.25) is 0 Å². The topological polar surface area (TPSA) is 84.4 Å². The summed E-state index contributed by atoms with van der Waals surface area (Å²) in [5, 5.41) is 2.99. The van der Waals surface area contributed by atoms with E-state index < -0.39 is 5.97 Å². The summed E-state index contributed by atoms with van der Waals surface area (Å²) < 4.78 is 4.78. The molecule has 2 aromatic rings. The van der Waals surface area contributed by atoms with E-state index in [0.29, 0.717) is 30.0 Å². The Bertz CT molecular complexity index is 758. The molecular formula is C19H24N4O3. The third-order valence-electron chi connectivity index (χ3n) is 3.73. The van der Waals surface area contributed by atoms with Gasteiger partial charge in [-0.1, -0.05) is 26.0 Å². The minimum absolute atomic E-state index is 0.125. The van der Waals surface area contributed by atoms with E-state index in [1.807, 2.05) is 13.8 Å². The molecule has 0 spiro atoms. The number of hydrogen-bond acceptors (Lipinski definition) is 6. The largest absolute Gasteiger partial charge is 0.465 e. The van der Waals surface area contributed by atoms with E-state index in [1.54, 1.807) is 35.2 Å². The summed E-state index contributed by atoms with van der Waals surface area (Å²) in [5.41, 5.74) is 1.21. The second kappa shape index (κ2) is 9.50. The number of esters is 1. The number of rotatable bonds is 8. The van der Waals surface area contributed by atoms with Gasteiger partial charge in [-0.15, -0.1) is 0 Å². The van der Waals surface area contributed by atoms with E-state index in [0.717, 1.165) is 12.8 Å². The molecule has 0 fully saturated rings. The van der Waals surface area contributed by atoms with E-state index in [9.17, 15) is 9.59 Å². The molecule has 0 atom stereocenters. The predicted molar refractivity (Wildman–Crippen MR) is 99.6 cm³/mol. The van der Waals surface area contributed by atoms with Gasteiger partial charge in [0.2, 0.25) is 5.95 Å². The van der Waals surface area contributed by atoms with Gasteiger partial charge in [-0.3, -0.25) is 4.79 Å². The molecule has 0 unspecified atom stereocenters. The number of hydrogen-bond donors (Lipinski definition) is 1. The Kier molecular flexibility index (Phi) is 7.08. The Morgan fingerprint density at radius 1 is 1.12 bits per heavy atom. The van der Waals surface area contributed by atoms with Crippen molar-refractivity contribution in [1.82, 2.24) is 14.9 Å². The predicted octanol–water partition coefficient (Wildman–Crippen LogP) is 3.27. The molecule has 1 amide bonds. The molecule has 1 heterocycles. The number of nitrogens with one attached hydrogen (secondary N) is 1. The zero-order valence-corrected chi connectivity index (χ0v) is 15.4. The number of methoxy groups -OCH3 is 1. The molecule has 138 valence electrons. The van der Waals surface area contributed by atoms with Crippen molar-refractivity contribution in [2.45, 2.75) is 26.7 Å². The van der Waals surface area contributed by atoms with Gasteiger partial charge in [-0.2, -0.15) is 0 Å². The van der Waals surface area contributed by atoms with Gasteiger partial charge >= 0.3 is 5.97 Å². The number of aromatic nitrogens is 2. The molecule has 7 nitrogen and oxygen atoms in total. The molecule has 1 N–H and O–H groups in total. The molecule has 1 aromatic carbocycles. The zero-order chi connectivity index (χ0) is 18.9. The Morgan fingerprint density at radius 3 is 2.46 bits per heavy atom. The fourth-order valence-corrected chi connectivity index (χ4v) is 2.56. The lowest BCUT2D eigenvalue weighted by atomic mass is 10.2. The first-order chi connectivity index (χ1) is 12.6. The first-order valence-electron chi connectivity index (χ1n) is 8.67. The quantitative estimate of drug-likeness (QED) is 0.731. The molecule has 0 aliphatic heterocycles. The van der Waals surface area contributed by atoms with Crippen LogP contribution in [0.1, 0.15) is 47.5 Å². The third-order valence-corrected chi connectivity index (χ3v) is 3.73. The fraction of sp³-hybridized carbons (Fsp3) is 0.368. The smallest absolute Gasteiger partial charge is 0.339 e. The summed E-state index contributed by atoms with van der Waals surface area (Å²) in [6, 6.07) is 8.50. The van der Waals surface area contributed by atoms with Crippen molar-refractivity contribution >= 4 is 23.5 Å². The summed E-state index contributed by atoms with van der Waals surface area (Å²) in [7, 11) is 1.32. The van der Waals surface area contributed by atoms with Crippen molar-refractivity contribution < 1.29 is 14.3 Å². The maximum Gasteiger partial charge on any atom is 0.339 e. The lowest BCUT2D eigenvalue weighted by molar-refractivity contribution is 0.0601. The molecule has 0 radical (unpaired) electrons. The van der Waals surface area contributed by atoms with E-state index in [2.05, 4.69) is 15.3 Å². The van der Waals surface area contributed by atoms with E-state index in [1.165, 1.54) is 13.3 Å². The molecule has 0 saturated heterocycles. The van der Waals surface area contributed by atoms with Crippen molar-refractivity contribution in [2.75, 3.05) is 25.5 Å². The number of amides is 1. The molecule has 0 bridgehead atoms. The molecule has 0 aliphatic rings. The van der Waals surface area contributed by atoms with Gasteiger partial charge in [-0.25, -0.2) is 14.8 Å². The van der Waals surface area contributed by atoms with Crippen LogP contribution in [0.25, 0.3) is 0 Å². The summed E-state index contributed by atoms with van der Waals surface area (Å²) in [6.07, 6.45) is 3.29. The Hall–Kier alpha value is -2.96. The van der Waals surface area contributed by atoms with Crippen LogP contribution < -0.4 is 5.32 Å². The number of para-hydroxylation sites is 1. The number of anilines is 2. The van der Waals surface area contributed by atoms with Crippen LogP contribution >= 0.6 is 0 Å². The Balaban J connectivity index is 2.25. The summed E-state index contributed by atoms with van der Waals surface area (Å²) in [6.45, 7) is 5.44. The average Bonchev–Trinajstić information content (AvgIpc) is 2.67. The van der Waals surface area contributed by atoms with Crippen LogP contribution in [0.3, 0.4) is 0 Å². The lowest BCUT2D eigenvalue weighted by Crippen LogP contribution is -2.33. The maximum atomic E-state index is 12.7. The first kappa shape index (κ1) is 19.4. The zero-order valence-electron chi connectivity index (χ0n) is 15.4. The van der Waals surface area contributed by atoms with E-state index >= 15 is 0 Å². The molecule has 0 saturated carbocycles. The highest BCUT2D eigenvalue weighted by Crippen LogP contribution is 2.19. The lowest BCUT2D eigenvalue weighted by Gasteiger charge is -2.21. The minimum Gasteiger partial charge on any atom is -0.465 e. The summed E-state index contributed by atoms with van der Waals surface area (Å²) >= 11 is 0. The van der Waals surface area contributed by atoms with Gasteiger partial charge in [0.1, 0.15) is 5.69 Å². The monoisotopic (exact) mass is 356 g/mol. The normalized spacial score (nSPS) is 10.3. The fourth-order valence-electron chi connectivity index (χ4n) is 2.56. The molecule has 2 rings (SSSR count). The first-order valence-corrected chi connectivity index (χ1v) is 8.67. The average molecular weight is 356 g/mol. The van der Waals surface area contributed by atoms with E-state index in [4.69, 9.17) is 4.74 Å². The summed E-state index contributed by atoms with van der Waals surface area (Å²) in [4.78, 5) is 34.8. The molecule has 0 aliphatic carbocycles. The third kappa shape index (κ3) is 4.78. The summed E-state index contributed by atoms with van der Waals surface area (Å²) in [5.74, 6) is -0.335. The Morgan fingerprint density at radius 2 is 1.81 bits per heavy atom. The van der Waals surface area contributed by atoms with Crippen LogP contribution in [-0.2, 0) is 4.74 Å². The van der Waals surface area contributed by atoms with Gasteiger partial charge in [0.25, 0.3) is 5.91 Å². The van der Waals surface area contributed by atoms with Crippen molar-refractivity contribution in [3.63, 3.8) is 0 Å². The second-order valence-electron chi connectivity index (χ2n) is 5.72. The number of ether oxygens (including phenoxy) is 1. The standard InChI is InChI=1S/C19H24N4O3/c1-4-12-23(13-5-2)17(24)16-10-11-20-19(22-16)21-15-9-7-6-8-14(15)18(25)26-3/h6-11H,4-5,12-13H2,1-3H3,(H,20,21,22). The Labute approximate surface area is 153 Å². The number of nitrogens with zero attached hydrogens (tertiary/aromatic N) is 3. The van der Waals surface area contributed by atoms with Crippen molar-refractivity contribution in [3.8, 4) is 0 Å². The van der Waals surface area contributed by atoms with Crippen LogP contribution in [0.4, 0.5) is 11.6 Å². The molecule has 1 aromatic heterocycles. The van der Waals surface area contributed by atoms with Crippen LogP contribution in [0, 0.1) is 0 Å². The van der Waals surface area contributed by atoms with Gasteiger partial charge in [0.15, 0.2) is 0 Å². The van der Waals surface area contributed by atoms with Gasteiger partial charge in [-0.05, 0) is 31.0 Å². The van der Waals surface area contributed by atoms with Crippen molar-refractivity contribution in [1.29, 1.82) is 0 Å². The van der Waals surface area contributed by atoms with Crippen LogP contribution in [-0.4, -0.2) is 46.9 Å². The van der Waals surface area contributed by atoms with Crippen LogP contribution in [0.5, 0.6) is 0 Å². The van der Waals surface area contributed by atoms with E-state index in [-0.39, 0.29) is 11.9 Å². The van der Waals surface area contributed by atoms with Gasteiger partial charge in [0.05, 0.1) is 18.4 Å². The van der Waals surface area contributed by atoms with Gasteiger partial charge in [0, 0.05) is 19.3 Å². The second-order valence-corrected chi connectivity index (χ2v) is 5.72. The van der Waals surface area contributed by atoms with Crippen molar-refractivity contribution in [3.05, 3.63) is 47.8 Å². The molecular weight excluding hydrogens is 332 g/mol. The minimum atomic E-state index is -0.461. The van der Waals surface area contributed by atoms with Gasteiger partial charge < -0.3 is 15.0 Å². The van der Waals surface area contributed by atoms with Crippen molar-refractivity contribution in [2.24, 2.45) is 0 Å². The molecule has 26 heavy (non-hydrogen) atoms. The van der Waals surface area contributed by atoms with Crippen LogP contribution in [0.15, 0.2) is 36.5 Å². The number of benzene rings is 1. The molecule has 7 heteroatoms. The highest BCUT2D eigenvalue weighted by Gasteiger charge is 2.17.